The summed E-state index contributed by atoms with van der Waals surface area (Å²) < 4.78 is 0. The van der Waals surface area contributed by atoms with Crippen LogP contribution in [0, 0.1) is 4.91 Å². The van der Waals surface area contributed by atoms with Crippen LogP contribution in [-0.2, 0) is 18.5 Å². The van der Waals surface area contributed by atoms with Gasteiger partial charge in [-0.15, -0.1) is 4.91 Å². The van der Waals surface area contributed by atoms with Gasteiger partial charge in [0.2, 0.25) is 0 Å². The number of hydrogen-bond acceptors (Lipinski definition) is 3. The van der Waals surface area contributed by atoms with Crippen LogP contribution in [0.5, 0.6) is 0 Å². The first kappa shape index (κ1) is 19.1. The van der Waals surface area contributed by atoms with Gasteiger partial charge in [-0.3, -0.25) is 0 Å². The maximum atomic E-state index is 12.9. The molecular weight excluding hydrogens is 338 g/mol. The van der Waals surface area contributed by atoms with E-state index in [1.165, 1.54) is 5.56 Å². The molecule has 2 aromatic carbocycles. The second-order valence-electron chi connectivity index (χ2n) is 8.18. The summed E-state index contributed by atoms with van der Waals surface area (Å²) in [5, 5.41) is 2.91. The van der Waals surface area contributed by atoms with E-state index < -0.39 is 0 Å². The zero-order chi connectivity index (χ0) is 19.4. The van der Waals surface area contributed by atoms with E-state index >= 15 is 0 Å². The summed E-state index contributed by atoms with van der Waals surface area (Å²) in [5.41, 5.74) is 3.99. The van der Waals surface area contributed by atoms with E-state index in [0.29, 0.717) is 18.8 Å². The predicted octanol–water partition coefficient (Wildman–Crippen LogP) is 5.21. The number of benzene rings is 2. The molecule has 0 atom stereocenters. The fraction of sp³-hybridized carbons (Fsp3) is 0.409. The van der Waals surface area contributed by atoms with Gasteiger partial charge in [-0.2, -0.15) is 0 Å². The normalized spacial score (nSPS) is 15.1. The lowest BCUT2D eigenvalue weighted by atomic mass is 9.87. The second kappa shape index (κ2) is 7.91. The highest BCUT2D eigenvalue weighted by Crippen LogP contribution is 2.23. The Morgan fingerprint density at radius 2 is 1.33 bits per heavy atom. The molecule has 1 heterocycles. The zero-order valence-electron chi connectivity index (χ0n) is 16.3. The minimum Gasteiger partial charge on any atom is -0.320 e. The van der Waals surface area contributed by atoms with Crippen LogP contribution in [0.4, 0.5) is 10.5 Å². The van der Waals surface area contributed by atoms with Gasteiger partial charge in [0.15, 0.2) is 0 Å². The van der Waals surface area contributed by atoms with Crippen molar-refractivity contribution < 1.29 is 4.79 Å². The maximum absolute atomic E-state index is 12.9. The first-order valence-electron chi connectivity index (χ1n) is 9.42. The molecule has 1 aliphatic heterocycles. The molecule has 0 aliphatic carbocycles. The third-order valence-electron chi connectivity index (χ3n) is 5.01. The molecule has 0 bridgehead atoms. The van der Waals surface area contributed by atoms with E-state index in [-0.39, 0.29) is 11.4 Å². The predicted molar refractivity (Wildman–Crippen MR) is 108 cm³/mol. The Morgan fingerprint density at radius 1 is 0.852 bits per heavy atom. The highest BCUT2D eigenvalue weighted by atomic mass is 16.3. The molecule has 0 saturated carbocycles. The number of nitrogens with zero attached hydrogens (tertiary/aromatic N) is 3. The molecule has 0 spiro atoms. The van der Waals surface area contributed by atoms with Crippen molar-refractivity contribution in [1.82, 2.24) is 9.80 Å². The fourth-order valence-electron chi connectivity index (χ4n) is 3.35. The van der Waals surface area contributed by atoms with Crippen LogP contribution in [0.1, 0.15) is 43.9 Å². The first-order valence-corrected chi connectivity index (χ1v) is 9.42. The summed E-state index contributed by atoms with van der Waals surface area (Å²) in [5.74, 6) is 0. The van der Waals surface area contributed by atoms with Gasteiger partial charge in [0, 0.05) is 26.2 Å². The van der Waals surface area contributed by atoms with Crippen LogP contribution in [0.3, 0.4) is 0 Å². The van der Waals surface area contributed by atoms with E-state index in [4.69, 9.17) is 0 Å². The summed E-state index contributed by atoms with van der Waals surface area (Å²) in [4.78, 5) is 27.2. The highest BCUT2D eigenvalue weighted by molar-refractivity contribution is 5.75. The van der Waals surface area contributed by atoms with Crippen molar-refractivity contribution in [2.45, 2.75) is 45.7 Å². The van der Waals surface area contributed by atoms with Crippen molar-refractivity contribution in [1.29, 1.82) is 0 Å². The van der Waals surface area contributed by atoms with Gasteiger partial charge in [0.1, 0.15) is 5.69 Å². The maximum Gasteiger partial charge on any atom is 0.320 e. The molecule has 1 saturated heterocycles. The molecule has 5 heteroatoms. The van der Waals surface area contributed by atoms with Crippen LogP contribution in [0.25, 0.3) is 0 Å². The van der Waals surface area contributed by atoms with Crippen molar-refractivity contribution >= 4 is 11.7 Å². The van der Waals surface area contributed by atoms with Crippen molar-refractivity contribution in [2.24, 2.45) is 5.18 Å². The van der Waals surface area contributed by atoms with Crippen molar-refractivity contribution in [3.8, 4) is 0 Å². The number of urea groups is 1. The number of carbonyl (C=O) groups excluding carboxylic acids is 1. The van der Waals surface area contributed by atoms with Gasteiger partial charge in [-0.05, 0) is 45.8 Å². The molecule has 1 aliphatic rings. The summed E-state index contributed by atoms with van der Waals surface area (Å²) in [6.45, 7) is 9.32. The smallest absolute Gasteiger partial charge is 0.320 e. The molecular formula is C22H27N3O2. The lowest BCUT2D eigenvalue weighted by Gasteiger charge is -2.36. The summed E-state index contributed by atoms with van der Waals surface area (Å²) in [7, 11) is 0. The summed E-state index contributed by atoms with van der Waals surface area (Å²) >= 11 is 0. The van der Waals surface area contributed by atoms with Gasteiger partial charge in [0.05, 0.1) is 0 Å². The van der Waals surface area contributed by atoms with Crippen LogP contribution in [0.15, 0.2) is 53.7 Å². The molecule has 142 valence electrons. The number of rotatable bonds is 5. The topological polar surface area (TPSA) is 53.0 Å². The summed E-state index contributed by atoms with van der Waals surface area (Å²) in [6.07, 6.45) is 0.958. The van der Waals surface area contributed by atoms with Crippen LogP contribution < -0.4 is 0 Å². The van der Waals surface area contributed by atoms with Crippen LogP contribution in [0.2, 0.25) is 0 Å². The Labute approximate surface area is 161 Å². The van der Waals surface area contributed by atoms with Gasteiger partial charge in [-0.1, -0.05) is 57.2 Å². The monoisotopic (exact) mass is 365 g/mol. The van der Waals surface area contributed by atoms with E-state index in [1.54, 1.807) is 12.1 Å². The quantitative estimate of drug-likeness (QED) is 0.683. The molecule has 27 heavy (non-hydrogen) atoms. The van der Waals surface area contributed by atoms with Crippen molar-refractivity contribution in [2.75, 3.05) is 13.1 Å². The molecule has 2 amide bonds. The molecule has 0 radical (unpaired) electrons. The van der Waals surface area contributed by atoms with E-state index in [0.717, 1.165) is 30.6 Å². The van der Waals surface area contributed by atoms with E-state index in [1.807, 2.05) is 21.9 Å². The first-order chi connectivity index (χ1) is 12.9. The Balaban J connectivity index is 1.64. The zero-order valence-corrected chi connectivity index (χ0v) is 16.3. The number of hydrogen-bond donors (Lipinski definition) is 0. The Morgan fingerprint density at radius 3 is 1.78 bits per heavy atom. The van der Waals surface area contributed by atoms with Crippen molar-refractivity contribution in [3.05, 3.63) is 70.1 Å². The SMILES string of the molecule is CC(C)(C)c1ccc(CN2CCCN(Cc3ccc(N=O)cc3)C2=O)cc1. The molecule has 0 N–H and O–H groups in total. The second-order valence-corrected chi connectivity index (χ2v) is 8.18. The lowest BCUT2D eigenvalue weighted by molar-refractivity contribution is 0.123. The van der Waals surface area contributed by atoms with E-state index in [2.05, 4.69) is 50.2 Å². The van der Waals surface area contributed by atoms with E-state index in [9.17, 15) is 9.70 Å². The van der Waals surface area contributed by atoms with Crippen LogP contribution in [-0.4, -0.2) is 28.9 Å². The van der Waals surface area contributed by atoms with Crippen molar-refractivity contribution in [3.63, 3.8) is 0 Å². The molecule has 5 nitrogen and oxygen atoms in total. The Hall–Kier alpha value is -2.69. The highest BCUT2D eigenvalue weighted by Gasteiger charge is 2.25. The fourth-order valence-corrected chi connectivity index (χ4v) is 3.35. The third kappa shape index (κ3) is 4.73. The largest absolute Gasteiger partial charge is 0.320 e. The minimum absolute atomic E-state index is 0.0683. The van der Waals surface area contributed by atoms with Gasteiger partial charge in [-0.25, -0.2) is 4.79 Å². The number of amides is 2. The van der Waals surface area contributed by atoms with Crippen LogP contribution >= 0.6 is 0 Å². The Kier molecular flexibility index (Phi) is 5.59. The number of carbonyl (C=O) groups is 1. The molecule has 0 unspecified atom stereocenters. The number of nitroso groups, excluding NO2 is 1. The van der Waals surface area contributed by atoms with Gasteiger partial charge < -0.3 is 9.80 Å². The lowest BCUT2D eigenvalue weighted by Crippen LogP contribution is -2.48. The standard InChI is InChI=1S/C22H27N3O2/c1-22(2,3)19-9-5-17(6-10-19)15-24-13-4-14-25(21(24)26)16-18-7-11-20(23-27)12-8-18/h5-12H,4,13-16H2,1-3H3. The molecule has 0 aromatic heterocycles. The summed E-state index contributed by atoms with van der Waals surface area (Å²) in [6, 6.07) is 15.7. The third-order valence-corrected chi connectivity index (χ3v) is 5.01. The molecule has 1 fully saturated rings. The Bertz CT molecular complexity index is 792. The van der Waals surface area contributed by atoms with Gasteiger partial charge >= 0.3 is 6.03 Å². The molecule has 3 rings (SSSR count). The molecule has 2 aromatic rings. The average molecular weight is 365 g/mol. The van der Waals surface area contributed by atoms with Gasteiger partial charge in [0.25, 0.3) is 0 Å². The average Bonchev–Trinajstić information content (AvgIpc) is 2.65. The minimum atomic E-state index is 0.0683.